The summed E-state index contributed by atoms with van der Waals surface area (Å²) in [5.74, 6) is 2.76. The zero-order valence-electron chi connectivity index (χ0n) is 17.3. The van der Waals surface area contributed by atoms with Gasteiger partial charge >= 0.3 is 6.03 Å². The van der Waals surface area contributed by atoms with E-state index in [1.54, 1.807) is 28.4 Å². The molecule has 29 heavy (non-hydrogen) atoms. The Hall–Kier alpha value is -3.09. The molecule has 7 nitrogen and oxygen atoms in total. The Morgan fingerprint density at radius 1 is 0.931 bits per heavy atom. The first-order valence-corrected chi connectivity index (χ1v) is 9.59. The molecule has 2 amide bonds. The van der Waals surface area contributed by atoms with E-state index in [-0.39, 0.29) is 12.1 Å². The van der Waals surface area contributed by atoms with Crippen molar-refractivity contribution in [2.24, 2.45) is 0 Å². The van der Waals surface area contributed by atoms with Crippen molar-refractivity contribution in [3.63, 3.8) is 0 Å². The van der Waals surface area contributed by atoms with Gasteiger partial charge < -0.3 is 29.6 Å². The molecule has 0 bridgehead atoms. The monoisotopic (exact) mass is 400 g/mol. The van der Waals surface area contributed by atoms with Crippen LogP contribution in [0.2, 0.25) is 0 Å². The third-order valence-corrected chi connectivity index (χ3v) is 5.18. The summed E-state index contributed by atoms with van der Waals surface area (Å²) in [4.78, 5) is 12.4. The minimum Gasteiger partial charge on any atom is -0.493 e. The van der Waals surface area contributed by atoms with E-state index in [0.717, 1.165) is 24.0 Å². The molecular formula is C22H28N2O5. The third kappa shape index (κ3) is 4.67. The number of hydrogen-bond donors (Lipinski definition) is 2. The second-order valence-electron chi connectivity index (χ2n) is 6.84. The Balaban J connectivity index is 1.55. The fraction of sp³-hybridized carbons (Fsp3) is 0.409. The second-order valence-corrected chi connectivity index (χ2v) is 6.84. The number of fused-ring (bicyclic) bond motifs is 1. The van der Waals surface area contributed by atoms with E-state index < -0.39 is 0 Å². The zero-order valence-corrected chi connectivity index (χ0v) is 17.3. The number of rotatable bonds is 8. The standard InChI is InChI=1S/C22H28N2O5/c1-26-18-8-5-14(11-19(18)27-2)9-10-23-22(25)24-17-7-6-15-12-20(28-3)21(29-4)13-16(15)17/h5,8,11-13,17H,6-7,9-10H2,1-4H3,(H2,23,24,25)/t17-/m1/s1. The minimum absolute atomic E-state index is 0.0362. The Labute approximate surface area is 171 Å². The molecule has 0 fully saturated rings. The maximum atomic E-state index is 12.4. The van der Waals surface area contributed by atoms with Crippen LogP contribution in [0.4, 0.5) is 4.79 Å². The molecule has 0 radical (unpaired) electrons. The Morgan fingerprint density at radius 2 is 1.59 bits per heavy atom. The first kappa shape index (κ1) is 20.6. The van der Waals surface area contributed by atoms with E-state index in [4.69, 9.17) is 18.9 Å². The molecule has 2 aromatic carbocycles. The van der Waals surface area contributed by atoms with Crippen molar-refractivity contribution in [1.82, 2.24) is 10.6 Å². The zero-order chi connectivity index (χ0) is 20.8. The van der Waals surface area contributed by atoms with Gasteiger partial charge in [-0.05, 0) is 60.2 Å². The molecule has 1 aliphatic rings. The number of ether oxygens (including phenoxy) is 4. The Morgan fingerprint density at radius 3 is 2.28 bits per heavy atom. The highest BCUT2D eigenvalue weighted by atomic mass is 16.5. The first-order chi connectivity index (χ1) is 14.1. The van der Waals surface area contributed by atoms with Crippen molar-refractivity contribution < 1.29 is 23.7 Å². The van der Waals surface area contributed by atoms with Gasteiger partial charge in [-0.1, -0.05) is 6.07 Å². The molecule has 3 rings (SSSR count). The van der Waals surface area contributed by atoms with E-state index in [1.165, 1.54) is 5.56 Å². The van der Waals surface area contributed by atoms with Gasteiger partial charge in [0.1, 0.15) is 0 Å². The summed E-state index contributed by atoms with van der Waals surface area (Å²) >= 11 is 0. The predicted octanol–water partition coefficient (Wildman–Crippen LogP) is 3.25. The molecule has 1 atom stereocenters. The largest absolute Gasteiger partial charge is 0.493 e. The van der Waals surface area contributed by atoms with Crippen molar-refractivity contribution >= 4 is 6.03 Å². The highest BCUT2D eigenvalue weighted by Crippen LogP contribution is 2.39. The fourth-order valence-electron chi connectivity index (χ4n) is 3.65. The van der Waals surface area contributed by atoms with Crippen LogP contribution in [0.5, 0.6) is 23.0 Å². The van der Waals surface area contributed by atoms with Gasteiger partial charge in [-0.2, -0.15) is 0 Å². The van der Waals surface area contributed by atoms with Gasteiger partial charge in [0.2, 0.25) is 0 Å². The number of benzene rings is 2. The van der Waals surface area contributed by atoms with E-state index in [2.05, 4.69) is 10.6 Å². The van der Waals surface area contributed by atoms with E-state index >= 15 is 0 Å². The molecule has 0 saturated heterocycles. The summed E-state index contributed by atoms with van der Waals surface area (Å²) in [5, 5.41) is 5.99. The summed E-state index contributed by atoms with van der Waals surface area (Å²) in [6.07, 6.45) is 2.45. The third-order valence-electron chi connectivity index (χ3n) is 5.18. The summed E-state index contributed by atoms with van der Waals surface area (Å²) in [6, 6.07) is 9.48. The van der Waals surface area contributed by atoms with Crippen LogP contribution in [0, 0.1) is 0 Å². The van der Waals surface area contributed by atoms with Gasteiger partial charge in [-0.3, -0.25) is 0 Å². The van der Waals surface area contributed by atoms with Gasteiger partial charge in [-0.25, -0.2) is 4.79 Å². The average Bonchev–Trinajstić information content (AvgIpc) is 3.13. The molecule has 0 unspecified atom stereocenters. The van der Waals surface area contributed by atoms with Crippen LogP contribution in [0.3, 0.4) is 0 Å². The first-order valence-electron chi connectivity index (χ1n) is 9.59. The van der Waals surface area contributed by atoms with Crippen LogP contribution in [-0.2, 0) is 12.8 Å². The van der Waals surface area contributed by atoms with E-state index in [1.807, 2.05) is 30.3 Å². The van der Waals surface area contributed by atoms with Crippen LogP contribution in [0.15, 0.2) is 30.3 Å². The number of nitrogens with one attached hydrogen (secondary N) is 2. The number of urea groups is 1. The average molecular weight is 400 g/mol. The minimum atomic E-state index is -0.182. The Kier molecular flexibility index (Phi) is 6.69. The number of hydrogen-bond acceptors (Lipinski definition) is 5. The van der Waals surface area contributed by atoms with Gasteiger partial charge in [0.15, 0.2) is 23.0 Å². The topological polar surface area (TPSA) is 78.1 Å². The molecule has 0 heterocycles. The van der Waals surface area contributed by atoms with Gasteiger partial charge in [0, 0.05) is 6.54 Å². The highest BCUT2D eigenvalue weighted by Gasteiger charge is 2.26. The molecule has 156 valence electrons. The van der Waals surface area contributed by atoms with Crippen LogP contribution < -0.4 is 29.6 Å². The van der Waals surface area contributed by atoms with Gasteiger partial charge in [0.25, 0.3) is 0 Å². The lowest BCUT2D eigenvalue weighted by molar-refractivity contribution is 0.237. The van der Waals surface area contributed by atoms with Crippen LogP contribution in [0.25, 0.3) is 0 Å². The van der Waals surface area contributed by atoms with Crippen molar-refractivity contribution in [1.29, 1.82) is 0 Å². The number of aryl methyl sites for hydroxylation is 1. The fourth-order valence-corrected chi connectivity index (χ4v) is 3.65. The summed E-state index contributed by atoms with van der Waals surface area (Å²) in [7, 11) is 6.46. The normalized spacial score (nSPS) is 14.7. The van der Waals surface area contributed by atoms with Crippen LogP contribution in [0.1, 0.15) is 29.2 Å². The molecule has 2 N–H and O–H groups in total. The SMILES string of the molecule is COc1ccc(CCNC(=O)N[C@@H]2CCc3cc(OC)c(OC)cc32)cc1OC. The predicted molar refractivity (Wildman–Crippen MR) is 110 cm³/mol. The molecule has 0 aromatic heterocycles. The molecule has 0 saturated carbocycles. The smallest absolute Gasteiger partial charge is 0.315 e. The van der Waals surface area contributed by atoms with Gasteiger partial charge in [-0.15, -0.1) is 0 Å². The Bertz CT molecular complexity index is 869. The van der Waals surface area contributed by atoms with E-state index in [0.29, 0.717) is 36.0 Å². The second kappa shape index (κ2) is 9.41. The summed E-state index contributed by atoms with van der Waals surface area (Å²) in [6.45, 7) is 0.521. The summed E-state index contributed by atoms with van der Waals surface area (Å²) in [5.41, 5.74) is 3.32. The van der Waals surface area contributed by atoms with Crippen molar-refractivity contribution in [2.45, 2.75) is 25.3 Å². The summed E-state index contributed by atoms with van der Waals surface area (Å²) < 4.78 is 21.3. The lowest BCUT2D eigenvalue weighted by atomic mass is 10.1. The van der Waals surface area contributed by atoms with Crippen LogP contribution >= 0.6 is 0 Å². The number of carbonyl (C=O) groups is 1. The number of amides is 2. The lowest BCUT2D eigenvalue weighted by Gasteiger charge is -2.17. The van der Waals surface area contributed by atoms with Crippen molar-refractivity contribution in [2.75, 3.05) is 35.0 Å². The maximum absolute atomic E-state index is 12.4. The highest BCUT2D eigenvalue weighted by molar-refractivity contribution is 5.74. The molecule has 0 spiro atoms. The molecular weight excluding hydrogens is 372 g/mol. The maximum Gasteiger partial charge on any atom is 0.315 e. The van der Waals surface area contributed by atoms with Crippen molar-refractivity contribution in [3.05, 3.63) is 47.0 Å². The lowest BCUT2D eigenvalue weighted by Crippen LogP contribution is -2.38. The number of carbonyl (C=O) groups excluding carboxylic acids is 1. The van der Waals surface area contributed by atoms with E-state index in [9.17, 15) is 4.79 Å². The van der Waals surface area contributed by atoms with Crippen LogP contribution in [-0.4, -0.2) is 41.0 Å². The van der Waals surface area contributed by atoms with Crippen molar-refractivity contribution in [3.8, 4) is 23.0 Å². The molecule has 2 aromatic rings. The number of methoxy groups -OCH3 is 4. The quantitative estimate of drug-likeness (QED) is 0.711. The molecule has 7 heteroatoms. The van der Waals surface area contributed by atoms with Gasteiger partial charge in [0.05, 0.1) is 34.5 Å². The molecule has 1 aliphatic carbocycles. The molecule has 0 aliphatic heterocycles.